The predicted molar refractivity (Wildman–Crippen MR) is 106 cm³/mol. The van der Waals surface area contributed by atoms with Gasteiger partial charge in [0.05, 0.1) is 6.61 Å². The fourth-order valence-electron chi connectivity index (χ4n) is 4.00. The Kier molecular flexibility index (Phi) is 7.09. The number of nitrogens with zero attached hydrogens (tertiary/aromatic N) is 1. The van der Waals surface area contributed by atoms with Gasteiger partial charge in [0.2, 0.25) is 3.79 Å². The maximum absolute atomic E-state index is 12.4. The minimum absolute atomic E-state index is 0.315. The molecule has 7 heteroatoms. The summed E-state index contributed by atoms with van der Waals surface area (Å²) in [6.45, 7) is 2.81. The highest BCUT2D eigenvalue weighted by molar-refractivity contribution is 6.68. The van der Waals surface area contributed by atoms with Crippen LogP contribution in [0, 0.1) is 5.92 Å². The lowest BCUT2D eigenvalue weighted by molar-refractivity contribution is -0.0325. The lowest BCUT2D eigenvalue weighted by Crippen LogP contribution is -2.51. The molecule has 2 saturated heterocycles. The third kappa shape index (κ3) is 5.26. The molecule has 3 atom stereocenters. The zero-order valence-electron chi connectivity index (χ0n) is 14.7. The molecule has 2 aliphatic heterocycles. The fraction of sp³-hybridized carbons (Fsp3) is 0.632. The van der Waals surface area contributed by atoms with E-state index in [4.69, 9.17) is 39.5 Å². The molecule has 144 valence electrons. The van der Waals surface area contributed by atoms with Gasteiger partial charge in [-0.25, -0.2) is 0 Å². The van der Waals surface area contributed by atoms with Crippen LogP contribution in [0.2, 0.25) is 0 Å². The van der Waals surface area contributed by atoms with Crippen molar-refractivity contribution < 1.29 is 9.53 Å². The van der Waals surface area contributed by atoms with Gasteiger partial charge in [0.1, 0.15) is 0 Å². The molecule has 3 rings (SSSR count). The van der Waals surface area contributed by atoms with E-state index in [1.165, 1.54) is 38.8 Å². The summed E-state index contributed by atoms with van der Waals surface area (Å²) < 4.78 is 4.20. The van der Waals surface area contributed by atoms with E-state index in [9.17, 15) is 4.79 Å². The lowest BCUT2D eigenvalue weighted by Gasteiger charge is -2.44. The molecule has 26 heavy (non-hydrogen) atoms. The summed E-state index contributed by atoms with van der Waals surface area (Å²) in [5, 5.41) is 2.71. The lowest BCUT2D eigenvalue weighted by atomic mass is 9.84. The van der Waals surface area contributed by atoms with E-state index in [1.807, 2.05) is 6.07 Å². The van der Waals surface area contributed by atoms with Crippen molar-refractivity contribution in [1.29, 1.82) is 0 Å². The van der Waals surface area contributed by atoms with Crippen molar-refractivity contribution in [3.05, 3.63) is 35.9 Å². The molecule has 1 N–H and O–H groups in total. The molecule has 0 spiro atoms. The van der Waals surface area contributed by atoms with Crippen LogP contribution >= 0.6 is 34.8 Å². The second-order valence-electron chi connectivity index (χ2n) is 7.10. The van der Waals surface area contributed by atoms with Crippen molar-refractivity contribution in [2.45, 2.75) is 48.2 Å². The molecular weight excluding hydrogens is 395 g/mol. The van der Waals surface area contributed by atoms with Gasteiger partial charge in [-0.2, -0.15) is 0 Å². The van der Waals surface area contributed by atoms with Crippen LogP contribution in [0.25, 0.3) is 0 Å². The molecule has 1 amide bonds. The van der Waals surface area contributed by atoms with Crippen molar-refractivity contribution in [2.75, 3.05) is 19.7 Å². The summed E-state index contributed by atoms with van der Waals surface area (Å²) in [5.41, 5.74) is 0.506. The van der Waals surface area contributed by atoms with Crippen LogP contribution in [0.4, 0.5) is 0 Å². The zero-order valence-corrected chi connectivity index (χ0v) is 16.9. The Labute approximate surface area is 170 Å². The summed E-state index contributed by atoms with van der Waals surface area (Å²) in [6.07, 6.45) is 5.02. The molecular formula is C19H25Cl3N2O2. The number of hydrogen-bond donors (Lipinski definition) is 1. The summed E-state index contributed by atoms with van der Waals surface area (Å²) in [4.78, 5) is 15.0. The zero-order chi connectivity index (χ0) is 18.6. The largest absolute Gasteiger partial charge is 0.354 e. The first-order chi connectivity index (χ1) is 12.4. The van der Waals surface area contributed by atoms with E-state index in [0.717, 1.165) is 6.42 Å². The Hall–Kier alpha value is -0.520. The first-order valence-electron chi connectivity index (χ1n) is 9.23. The number of amides is 1. The normalized spacial score (nSPS) is 25.3. The van der Waals surface area contributed by atoms with Gasteiger partial charge < -0.3 is 15.0 Å². The van der Waals surface area contributed by atoms with E-state index in [1.54, 1.807) is 24.3 Å². The fourth-order valence-corrected chi connectivity index (χ4v) is 4.35. The standard InChI is InChI=1S/C19H25Cl3N2O2/c20-19(21,22)18(23-17(25)14-7-2-1-3-8-14)26-13-15-9-6-12-24-11-5-4-10-16(15)24/h1-3,7-8,15-16,18H,4-6,9-13H2,(H,23,25)/t15-,16+,18+/m1/s1. The average Bonchev–Trinajstić information content (AvgIpc) is 2.64. The van der Waals surface area contributed by atoms with Gasteiger partial charge in [0.25, 0.3) is 5.91 Å². The number of piperidine rings is 2. The second-order valence-corrected chi connectivity index (χ2v) is 9.46. The first-order valence-corrected chi connectivity index (χ1v) is 10.4. The van der Waals surface area contributed by atoms with E-state index in [0.29, 0.717) is 24.1 Å². The van der Waals surface area contributed by atoms with Crippen molar-refractivity contribution in [3.8, 4) is 0 Å². The van der Waals surface area contributed by atoms with Crippen LogP contribution in [0.1, 0.15) is 42.5 Å². The number of benzene rings is 1. The summed E-state index contributed by atoms with van der Waals surface area (Å²) in [7, 11) is 0. The number of carbonyl (C=O) groups excluding carboxylic acids is 1. The molecule has 4 nitrogen and oxygen atoms in total. The van der Waals surface area contributed by atoms with Crippen LogP contribution in [0.15, 0.2) is 30.3 Å². The van der Waals surface area contributed by atoms with Gasteiger partial charge in [-0.3, -0.25) is 4.79 Å². The highest BCUT2D eigenvalue weighted by atomic mass is 35.6. The summed E-state index contributed by atoms with van der Waals surface area (Å²) in [6, 6.07) is 9.40. The van der Waals surface area contributed by atoms with Gasteiger partial charge >= 0.3 is 0 Å². The molecule has 0 aromatic heterocycles. The van der Waals surface area contributed by atoms with Gasteiger partial charge in [-0.05, 0) is 56.8 Å². The number of fused-ring (bicyclic) bond motifs is 1. The number of carbonyl (C=O) groups is 1. The van der Waals surface area contributed by atoms with Crippen LogP contribution in [0.5, 0.6) is 0 Å². The van der Waals surface area contributed by atoms with Crippen molar-refractivity contribution >= 4 is 40.7 Å². The Morgan fingerprint density at radius 2 is 1.88 bits per heavy atom. The summed E-state index contributed by atoms with van der Waals surface area (Å²) in [5.74, 6) is 0.0948. The van der Waals surface area contributed by atoms with Gasteiger partial charge in [-0.15, -0.1) is 0 Å². The number of rotatable bonds is 5. The number of halogens is 3. The molecule has 2 fully saturated rings. The molecule has 2 aliphatic rings. The third-order valence-electron chi connectivity index (χ3n) is 5.30. The number of hydrogen-bond acceptors (Lipinski definition) is 3. The molecule has 1 aromatic rings. The van der Waals surface area contributed by atoms with E-state index >= 15 is 0 Å². The molecule has 0 saturated carbocycles. The maximum Gasteiger partial charge on any atom is 0.253 e. The Morgan fingerprint density at radius 3 is 2.62 bits per heavy atom. The predicted octanol–water partition coefficient (Wildman–Crippen LogP) is 4.39. The van der Waals surface area contributed by atoms with Crippen LogP contribution in [0.3, 0.4) is 0 Å². The highest BCUT2D eigenvalue weighted by Gasteiger charge is 2.38. The van der Waals surface area contributed by atoms with Gasteiger partial charge in [-0.1, -0.05) is 59.4 Å². The molecule has 0 radical (unpaired) electrons. The highest BCUT2D eigenvalue weighted by Crippen LogP contribution is 2.34. The second kappa shape index (κ2) is 9.11. The van der Waals surface area contributed by atoms with Crippen LogP contribution in [-0.4, -0.2) is 46.6 Å². The van der Waals surface area contributed by atoms with E-state index in [-0.39, 0.29) is 5.91 Å². The van der Waals surface area contributed by atoms with Crippen LogP contribution < -0.4 is 5.32 Å². The number of nitrogens with one attached hydrogen (secondary N) is 1. The monoisotopic (exact) mass is 418 g/mol. The molecule has 0 bridgehead atoms. The Balaban J connectivity index is 1.61. The minimum atomic E-state index is -1.73. The third-order valence-corrected chi connectivity index (χ3v) is 5.90. The SMILES string of the molecule is O=C(N[C@@H](OC[C@H]1CCCN2CCCC[C@@H]12)C(Cl)(Cl)Cl)c1ccccc1. The van der Waals surface area contributed by atoms with Crippen molar-refractivity contribution in [3.63, 3.8) is 0 Å². The average molecular weight is 420 g/mol. The summed E-state index contributed by atoms with van der Waals surface area (Å²) >= 11 is 18.2. The smallest absolute Gasteiger partial charge is 0.253 e. The Morgan fingerprint density at radius 1 is 1.15 bits per heavy atom. The maximum atomic E-state index is 12.4. The van der Waals surface area contributed by atoms with Crippen molar-refractivity contribution in [2.24, 2.45) is 5.92 Å². The number of ether oxygens (including phenoxy) is 1. The number of alkyl halides is 3. The molecule has 2 heterocycles. The quantitative estimate of drug-likeness (QED) is 0.568. The van der Waals surface area contributed by atoms with E-state index < -0.39 is 10.0 Å². The van der Waals surface area contributed by atoms with Gasteiger partial charge in [0, 0.05) is 11.6 Å². The topological polar surface area (TPSA) is 41.6 Å². The van der Waals surface area contributed by atoms with E-state index in [2.05, 4.69) is 10.2 Å². The van der Waals surface area contributed by atoms with Crippen LogP contribution in [-0.2, 0) is 4.74 Å². The molecule has 1 aromatic carbocycles. The van der Waals surface area contributed by atoms with Gasteiger partial charge in [0.15, 0.2) is 6.23 Å². The first kappa shape index (κ1) is 20.2. The molecule has 0 aliphatic carbocycles. The minimum Gasteiger partial charge on any atom is -0.354 e. The Bertz CT molecular complexity index is 592. The molecule has 0 unspecified atom stereocenters. The van der Waals surface area contributed by atoms with Crippen molar-refractivity contribution in [1.82, 2.24) is 10.2 Å².